The Morgan fingerprint density at radius 1 is 1.28 bits per heavy atom. The van der Waals surface area contributed by atoms with Gasteiger partial charge in [0, 0.05) is 16.9 Å². The minimum absolute atomic E-state index is 0.0882. The molecule has 0 aliphatic carbocycles. The highest BCUT2D eigenvalue weighted by molar-refractivity contribution is 8.00. The van der Waals surface area contributed by atoms with E-state index in [0.29, 0.717) is 5.25 Å². The van der Waals surface area contributed by atoms with Gasteiger partial charge in [-0.05, 0) is 38.5 Å². The second kappa shape index (κ2) is 6.48. The molecule has 1 saturated heterocycles. The summed E-state index contributed by atoms with van der Waals surface area (Å²) in [6.45, 7) is 4.11. The molecule has 0 amide bonds. The van der Waals surface area contributed by atoms with E-state index >= 15 is 0 Å². The second-order valence-corrected chi connectivity index (χ2v) is 6.48. The van der Waals surface area contributed by atoms with E-state index in [1.807, 2.05) is 23.9 Å². The van der Waals surface area contributed by atoms with Gasteiger partial charge in [-0.1, -0.05) is 24.6 Å². The molecule has 2 rings (SSSR count). The van der Waals surface area contributed by atoms with Crippen molar-refractivity contribution in [2.45, 2.75) is 50.5 Å². The first-order valence-corrected chi connectivity index (χ1v) is 7.86. The van der Waals surface area contributed by atoms with E-state index in [0.717, 1.165) is 11.3 Å². The standard InChI is InChI=1S/C15H23NOS/c1-11(2)17-13-8-4-3-7-12(13)15(16)14-9-5-6-10-18-14/h3-4,7-8,11,14-15H,5-6,9-10,16H2,1-2H3. The summed E-state index contributed by atoms with van der Waals surface area (Å²) in [6.07, 6.45) is 4.05. The lowest BCUT2D eigenvalue weighted by Gasteiger charge is -2.28. The van der Waals surface area contributed by atoms with Gasteiger partial charge in [-0.2, -0.15) is 11.8 Å². The second-order valence-electron chi connectivity index (χ2n) is 5.14. The fourth-order valence-electron chi connectivity index (χ4n) is 2.37. The lowest BCUT2D eigenvalue weighted by Crippen LogP contribution is -2.27. The van der Waals surface area contributed by atoms with Gasteiger partial charge in [0.1, 0.15) is 5.75 Å². The molecule has 0 spiro atoms. The molecule has 1 aromatic rings. The van der Waals surface area contributed by atoms with Crippen LogP contribution in [0, 0.1) is 0 Å². The summed E-state index contributed by atoms with van der Waals surface area (Å²) >= 11 is 2.01. The summed E-state index contributed by atoms with van der Waals surface area (Å²) in [5.74, 6) is 2.19. The van der Waals surface area contributed by atoms with Crippen LogP contribution in [0.1, 0.15) is 44.7 Å². The summed E-state index contributed by atoms with van der Waals surface area (Å²) in [5.41, 5.74) is 7.60. The van der Waals surface area contributed by atoms with Crippen LogP contribution in [-0.2, 0) is 0 Å². The van der Waals surface area contributed by atoms with Gasteiger partial charge in [0.05, 0.1) is 6.10 Å². The highest BCUT2D eigenvalue weighted by atomic mass is 32.2. The summed E-state index contributed by atoms with van der Waals surface area (Å²) < 4.78 is 5.87. The summed E-state index contributed by atoms with van der Waals surface area (Å²) in [5, 5.41) is 0.538. The molecule has 0 bridgehead atoms. The monoisotopic (exact) mass is 265 g/mol. The van der Waals surface area contributed by atoms with Crippen molar-refractivity contribution in [3.8, 4) is 5.75 Å². The van der Waals surface area contributed by atoms with E-state index < -0.39 is 0 Å². The SMILES string of the molecule is CC(C)Oc1ccccc1C(N)C1CCCCS1. The molecule has 18 heavy (non-hydrogen) atoms. The highest BCUT2D eigenvalue weighted by Crippen LogP contribution is 2.36. The summed E-state index contributed by atoms with van der Waals surface area (Å²) in [7, 11) is 0. The lowest BCUT2D eigenvalue weighted by molar-refractivity contribution is 0.238. The Kier molecular flexibility index (Phi) is 4.95. The average Bonchev–Trinajstić information content (AvgIpc) is 2.39. The number of nitrogens with two attached hydrogens (primary N) is 1. The number of para-hydroxylation sites is 1. The number of thioether (sulfide) groups is 1. The van der Waals surface area contributed by atoms with Gasteiger partial charge in [0.2, 0.25) is 0 Å². The van der Waals surface area contributed by atoms with Crippen LogP contribution in [0.4, 0.5) is 0 Å². The van der Waals surface area contributed by atoms with Gasteiger partial charge in [0.15, 0.2) is 0 Å². The van der Waals surface area contributed by atoms with Gasteiger partial charge in [-0.15, -0.1) is 0 Å². The third-order valence-electron chi connectivity index (χ3n) is 3.26. The van der Waals surface area contributed by atoms with Gasteiger partial charge < -0.3 is 10.5 Å². The van der Waals surface area contributed by atoms with E-state index in [1.165, 1.54) is 25.0 Å². The average molecular weight is 265 g/mol. The Bertz CT molecular complexity index is 375. The lowest BCUT2D eigenvalue weighted by atomic mass is 9.99. The van der Waals surface area contributed by atoms with Crippen LogP contribution in [0.5, 0.6) is 5.75 Å². The zero-order valence-electron chi connectivity index (χ0n) is 11.3. The zero-order valence-corrected chi connectivity index (χ0v) is 12.1. The fraction of sp³-hybridized carbons (Fsp3) is 0.600. The molecule has 1 aromatic carbocycles. The van der Waals surface area contributed by atoms with Crippen LogP contribution >= 0.6 is 11.8 Å². The summed E-state index contributed by atoms with van der Waals surface area (Å²) in [6, 6.07) is 8.29. The van der Waals surface area contributed by atoms with Crippen LogP contribution < -0.4 is 10.5 Å². The van der Waals surface area contributed by atoms with Gasteiger partial charge in [0.25, 0.3) is 0 Å². The molecular weight excluding hydrogens is 242 g/mol. The maximum Gasteiger partial charge on any atom is 0.124 e. The normalized spacial score (nSPS) is 21.9. The smallest absolute Gasteiger partial charge is 0.124 e. The van der Waals surface area contributed by atoms with Crippen LogP contribution in [0.2, 0.25) is 0 Å². The molecular formula is C15H23NOS. The minimum Gasteiger partial charge on any atom is -0.491 e. The zero-order chi connectivity index (χ0) is 13.0. The fourth-order valence-corrected chi connectivity index (χ4v) is 3.73. The van der Waals surface area contributed by atoms with E-state index in [-0.39, 0.29) is 12.1 Å². The number of hydrogen-bond donors (Lipinski definition) is 1. The molecule has 1 fully saturated rings. The van der Waals surface area contributed by atoms with E-state index in [4.69, 9.17) is 10.5 Å². The molecule has 100 valence electrons. The Morgan fingerprint density at radius 2 is 2.06 bits per heavy atom. The molecule has 1 aliphatic heterocycles. The van der Waals surface area contributed by atoms with Gasteiger partial charge in [-0.3, -0.25) is 0 Å². The maximum absolute atomic E-state index is 6.45. The van der Waals surface area contributed by atoms with E-state index in [9.17, 15) is 0 Å². The van der Waals surface area contributed by atoms with Gasteiger partial charge in [-0.25, -0.2) is 0 Å². The Labute approximate surface area is 114 Å². The van der Waals surface area contributed by atoms with Crippen LogP contribution in [0.25, 0.3) is 0 Å². The first-order valence-electron chi connectivity index (χ1n) is 6.81. The number of rotatable bonds is 4. The van der Waals surface area contributed by atoms with Crippen molar-refractivity contribution in [3.63, 3.8) is 0 Å². The van der Waals surface area contributed by atoms with E-state index in [2.05, 4.69) is 26.0 Å². The first-order chi connectivity index (χ1) is 8.68. The first kappa shape index (κ1) is 13.8. The number of ether oxygens (including phenoxy) is 1. The highest BCUT2D eigenvalue weighted by Gasteiger charge is 2.24. The number of hydrogen-bond acceptors (Lipinski definition) is 3. The molecule has 0 aromatic heterocycles. The van der Waals surface area contributed by atoms with Crippen LogP contribution in [-0.4, -0.2) is 17.1 Å². The Hall–Kier alpha value is -0.670. The molecule has 0 radical (unpaired) electrons. The summed E-state index contributed by atoms with van der Waals surface area (Å²) in [4.78, 5) is 0. The molecule has 2 nitrogen and oxygen atoms in total. The molecule has 1 aliphatic rings. The number of benzene rings is 1. The largest absolute Gasteiger partial charge is 0.491 e. The molecule has 3 heteroatoms. The van der Waals surface area contributed by atoms with E-state index in [1.54, 1.807) is 0 Å². The van der Waals surface area contributed by atoms with Crippen molar-refractivity contribution in [2.75, 3.05) is 5.75 Å². The van der Waals surface area contributed by atoms with Crippen molar-refractivity contribution >= 4 is 11.8 Å². The Balaban J connectivity index is 2.15. The third kappa shape index (κ3) is 3.42. The van der Waals surface area contributed by atoms with Crippen molar-refractivity contribution in [2.24, 2.45) is 5.73 Å². The Morgan fingerprint density at radius 3 is 2.72 bits per heavy atom. The maximum atomic E-state index is 6.45. The van der Waals surface area contributed by atoms with Gasteiger partial charge >= 0.3 is 0 Å². The third-order valence-corrected chi connectivity index (χ3v) is 4.74. The van der Waals surface area contributed by atoms with Crippen LogP contribution in [0.15, 0.2) is 24.3 Å². The predicted molar refractivity (Wildman–Crippen MR) is 79.2 cm³/mol. The molecule has 0 saturated carbocycles. The molecule has 2 atom stereocenters. The molecule has 2 unspecified atom stereocenters. The van der Waals surface area contributed by atoms with Crippen molar-refractivity contribution in [1.29, 1.82) is 0 Å². The van der Waals surface area contributed by atoms with Crippen LogP contribution in [0.3, 0.4) is 0 Å². The molecule has 2 N–H and O–H groups in total. The topological polar surface area (TPSA) is 35.2 Å². The minimum atomic E-state index is 0.0882. The quantitative estimate of drug-likeness (QED) is 0.900. The molecule has 1 heterocycles. The van der Waals surface area contributed by atoms with Crippen molar-refractivity contribution in [3.05, 3.63) is 29.8 Å². The van der Waals surface area contributed by atoms with Crippen molar-refractivity contribution < 1.29 is 4.74 Å². The van der Waals surface area contributed by atoms with Crippen molar-refractivity contribution in [1.82, 2.24) is 0 Å². The predicted octanol–water partition coefficient (Wildman–Crippen LogP) is 3.76.